The van der Waals surface area contributed by atoms with Crippen molar-refractivity contribution >= 4 is 33.0 Å². The van der Waals surface area contributed by atoms with Crippen molar-refractivity contribution in [2.24, 2.45) is 0 Å². The van der Waals surface area contributed by atoms with Crippen molar-refractivity contribution < 1.29 is 27.6 Å². The van der Waals surface area contributed by atoms with Gasteiger partial charge in [-0.15, -0.1) is 0 Å². The van der Waals surface area contributed by atoms with E-state index >= 15 is 0 Å². The Morgan fingerprint density at radius 2 is 1.03 bits per heavy atom. The summed E-state index contributed by atoms with van der Waals surface area (Å²) in [5, 5.41) is 0. The number of carbonyl (C=O) groups is 4. The molecule has 6 nitrogen and oxygen atoms in total. The smallest absolute Gasteiger partial charge is 0.175 e. The summed E-state index contributed by atoms with van der Waals surface area (Å²) in [5.41, 5.74) is 3.63. The molecule has 3 aromatic carbocycles. The van der Waals surface area contributed by atoms with E-state index in [0.29, 0.717) is 22.3 Å². The van der Waals surface area contributed by atoms with Crippen LogP contribution in [0, 0.1) is 0 Å². The summed E-state index contributed by atoms with van der Waals surface area (Å²) in [6, 6.07) is 18.2. The van der Waals surface area contributed by atoms with E-state index in [-0.39, 0.29) is 40.9 Å². The van der Waals surface area contributed by atoms with Crippen molar-refractivity contribution in [2.75, 3.05) is 6.26 Å². The molecule has 0 aliphatic heterocycles. The van der Waals surface area contributed by atoms with E-state index in [4.69, 9.17) is 0 Å². The quantitative estimate of drug-likeness (QED) is 0.326. The van der Waals surface area contributed by atoms with Crippen LogP contribution in [0.3, 0.4) is 0 Å². The Bertz CT molecular complexity index is 1380. The minimum atomic E-state index is -3.47. The number of benzene rings is 3. The zero-order valence-electron chi connectivity index (χ0n) is 19.1. The van der Waals surface area contributed by atoms with Gasteiger partial charge in [0.2, 0.25) is 0 Å². The molecule has 0 radical (unpaired) electrons. The maximum Gasteiger partial charge on any atom is 0.175 e. The number of ketones is 4. The summed E-state index contributed by atoms with van der Waals surface area (Å²) in [5.74, 6) is -0.979. The van der Waals surface area contributed by atoms with E-state index in [9.17, 15) is 27.6 Å². The predicted molar refractivity (Wildman–Crippen MR) is 130 cm³/mol. The summed E-state index contributed by atoms with van der Waals surface area (Å²) in [7, 11) is -3.47. The molecule has 174 valence electrons. The molecular weight excluding hydrogens is 452 g/mol. The Hall–Kier alpha value is -3.71. The highest BCUT2D eigenvalue weighted by molar-refractivity contribution is 7.90. The lowest BCUT2D eigenvalue weighted by atomic mass is 9.92. The maximum atomic E-state index is 12.2. The Morgan fingerprint density at radius 1 is 0.618 bits per heavy atom. The normalized spacial score (nSPS) is 11.1. The molecule has 0 aliphatic rings. The molecular formula is C27H24O6S. The number of Topliss-reactive ketones (excluding diaryl/α,β-unsaturated/α-hetero) is 4. The molecule has 0 unspecified atom stereocenters. The van der Waals surface area contributed by atoms with Gasteiger partial charge in [-0.1, -0.05) is 54.6 Å². The van der Waals surface area contributed by atoms with Crippen LogP contribution < -0.4 is 0 Å². The summed E-state index contributed by atoms with van der Waals surface area (Å²) in [6.45, 7) is 2.72. The van der Waals surface area contributed by atoms with Gasteiger partial charge in [0.05, 0.1) is 17.7 Å². The van der Waals surface area contributed by atoms with Crippen LogP contribution in [0.15, 0.2) is 71.6 Å². The van der Waals surface area contributed by atoms with Crippen LogP contribution >= 0.6 is 0 Å². The third kappa shape index (κ3) is 5.99. The van der Waals surface area contributed by atoms with Crippen LogP contribution in [0.5, 0.6) is 0 Å². The van der Waals surface area contributed by atoms with Crippen LogP contribution in [0.1, 0.15) is 47.4 Å². The number of hydrogen-bond acceptors (Lipinski definition) is 6. The lowest BCUT2D eigenvalue weighted by molar-refractivity contribution is -0.117. The van der Waals surface area contributed by atoms with Crippen LogP contribution in [-0.4, -0.2) is 37.8 Å². The van der Waals surface area contributed by atoms with Gasteiger partial charge in [-0.25, -0.2) is 8.42 Å². The fourth-order valence-electron chi connectivity index (χ4n) is 3.57. The highest BCUT2D eigenvalue weighted by Crippen LogP contribution is 2.34. The molecule has 0 heterocycles. The molecule has 0 atom stereocenters. The molecule has 3 aromatic rings. The number of rotatable bonds is 9. The standard InChI is InChI=1S/C27H24O6S/c1-17(28)14-26(30)21-8-4-19(5-9-21)24-13-12-23(34(3,32)33)16-25(24)20-6-10-22(11-7-20)27(31)15-18(2)29/h4-13,16H,14-15H2,1-3H3. The first kappa shape index (κ1) is 24.9. The van der Waals surface area contributed by atoms with E-state index in [2.05, 4.69) is 0 Å². The van der Waals surface area contributed by atoms with Crippen molar-refractivity contribution in [1.29, 1.82) is 0 Å². The second-order valence-electron chi connectivity index (χ2n) is 8.24. The van der Waals surface area contributed by atoms with E-state index in [1.807, 2.05) is 0 Å². The average Bonchev–Trinajstić information content (AvgIpc) is 2.77. The average molecular weight is 477 g/mol. The van der Waals surface area contributed by atoms with Gasteiger partial charge >= 0.3 is 0 Å². The predicted octanol–water partition coefficient (Wildman–Crippen LogP) is 4.75. The molecule has 0 fully saturated rings. The molecule has 3 rings (SSSR count). The van der Waals surface area contributed by atoms with Crippen molar-refractivity contribution in [3.63, 3.8) is 0 Å². The van der Waals surface area contributed by atoms with Gasteiger partial charge in [-0.05, 0) is 48.2 Å². The topological polar surface area (TPSA) is 102 Å². The van der Waals surface area contributed by atoms with Gasteiger partial charge in [0.15, 0.2) is 21.4 Å². The number of hydrogen-bond donors (Lipinski definition) is 0. The second kappa shape index (κ2) is 10.1. The lowest BCUT2D eigenvalue weighted by Gasteiger charge is -2.13. The fourth-order valence-corrected chi connectivity index (χ4v) is 4.22. The largest absolute Gasteiger partial charge is 0.300 e. The molecule has 34 heavy (non-hydrogen) atoms. The molecule has 0 saturated carbocycles. The summed E-state index contributed by atoms with van der Waals surface area (Å²) in [6.07, 6.45) is 0.788. The SMILES string of the molecule is CC(=O)CC(=O)c1ccc(-c2ccc(S(C)(=O)=O)cc2-c2ccc(C(=O)CC(C)=O)cc2)cc1. The van der Waals surface area contributed by atoms with Gasteiger partial charge in [0, 0.05) is 17.4 Å². The minimum absolute atomic E-state index is 0.149. The summed E-state index contributed by atoms with van der Waals surface area (Å²) < 4.78 is 24.4. The van der Waals surface area contributed by atoms with Crippen LogP contribution in [0.2, 0.25) is 0 Å². The third-order valence-corrected chi connectivity index (χ3v) is 6.38. The maximum absolute atomic E-state index is 12.2. The zero-order valence-corrected chi connectivity index (χ0v) is 19.9. The minimum Gasteiger partial charge on any atom is -0.300 e. The van der Waals surface area contributed by atoms with E-state index in [0.717, 1.165) is 17.4 Å². The highest BCUT2D eigenvalue weighted by Gasteiger charge is 2.16. The Morgan fingerprint density at radius 3 is 1.41 bits per heavy atom. The number of sulfone groups is 1. The fraction of sp³-hybridized carbons (Fsp3) is 0.185. The molecule has 0 amide bonds. The summed E-state index contributed by atoms with van der Waals surface area (Å²) >= 11 is 0. The molecule has 0 aliphatic carbocycles. The first-order valence-electron chi connectivity index (χ1n) is 10.6. The molecule has 0 spiro atoms. The Kier molecular flexibility index (Phi) is 7.37. The van der Waals surface area contributed by atoms with E-state index < -0.39 is 9.84 Å². The highest BCUT2D eigenvalue weighted by atomic mass is 32.2. The van der Waals surface area contributed by atoms with Crippen molar-refractivity contribution in [3.8, 4) is 22.3 Å². The first-order chi connectivity index (χ1) is 16.0. The molecule has 0 N–H and O–H groups in total. The molecule has 0 bridgehead atoms. The van der Waals surface area contributed by atoms with Gasteiger partial charge in [-0.2, -0.15) is 0 Å². The van der Waals surface area contributed by atoms with E-state index in [1.54, 1.807) is 60.7 Å². The molecule has 0 aromatic heterocycles. The lowest BCUT2D eigenvalue weighted by Crippen LogP contribution is -2.05. The van der Waals surface area contributed by atoms with Crippen LogP contribution in [-0.2, 0) is 19.4 Å². The monoisotopic (exact) mass is 476 g/mol. The summed E-state index contributed by atoms with van der Waals surface area (Å²) in [4.78, 5) is 47.0. The van der Waals surface area contributed by atoms with Gasteiger partial charge in [0.1, 0.15) is 11.6 Å². The number of carbonyl (C=O) groups excluding carboxylic acids is 4. The third-order valence-electron chi connectivity index (χ3n) is 5.27. The Labute approximate surface area is 198 Å². The van der Waals surface area contributed by atoms with Crippen LogP contribution in [0.25, 0.3) is 22.3 Å². The van der Waals surface area contributed by atoms with Crippen molar-refractivity contribution in [3.05, 3.63) is 77.9 Å². The van der Waals surface area contributed by atoms with Gasteiger partial charge < -0.3 is 0 Å². The second-order valence-corrected chi connectivity index (χ2v) is 10.3. The van der Waals surface area contributed by atoms with Crippen molar-refractivity contribution in [2.45, 2.75) is 31.6 Å². The van der Waals surface area contributed by atoms with Gasteiger partial charge in [-0.3, -0.25) is 19.2 Å². The first-order valence-corrected chi connectivity index (χ1v) is 12.4. The van der Waals surface area contributed by atoms with E-state index in [1.165, 1.54) is 19.9 Å². The van der Waals surface area contributed by atoms with Crippen LogP contribution in [0.4, 0.5) is 0 Å². The zero-order chi connectivity index (χ0) is 25.0. The van der Waals surface area contributed by atoms with Crippen molar-refractivity contribution in [1.82, 2.24) is 0 Å². The molecule has 7 heteroatoms. The van der Waals surface area contributed by atoms with Gasteiger partial charge in [0.25, 0.3) is 0 Å². The molecule has 0 saturated heterocycles. The Balaban J connectivity index is 2.06.